The molecule has 16 heteroatoms. The molecule has 0 radical (unpaired) electrons. The van der Waals surface area contributed by atoms with Crippen LogP contribution in [0.1, 0.15) is 6.92 Å². The number of hydrogen-bond donors (Lipinski definition) is 0. The summed E-state index contributed by atoms with van der Waals surface area (Å²) in [4.78, 5) is 26.5. The Kier molecular flexibility index (Phi) is 11.9. The normalized spacial score (nSPS) is 24.4. The first-order valence-corrected chi connectivity index (χ1v) is 28.9. The molecule has 0 atom stereocenters. The van der Waals surface area contributed by atoms with Crippen molar-refractivity contribution in [3.63, 3.8) is 0 Å². The van der Waals surface area contributed by atoms with Gasteiger partial charge in [0.05, 0.1) is 5.20 Å². The van der Waals surface area contributed by atoms with Crippen LogP contribution < -0.4 is 0 Å². The maximum Gasteiger partial charge on any atom is 0.359 e. The summed E-state index contributed by atoms with van der Waals surface area (Å²) in [7, 11) is -18.1. The quantitative estimate of drug-likeness (QED) is 0.164. The van der Waals surface area contributed by atoms with E-state index in [1.807, 2.05) is 65.5 Å². The Morgan fingerprint density at radius 2 is 0.868 bits per heavy atom. The molecule has 10 nitrogen and oxygen atoms in total. The number of carbonyl (C=O) groups is 2. The summed E-state index contributed by atoms with van der Waals surface area (Å²) < 4.78 is 50.5. The van der Waals surface area contributed by atoms with E-state index in [-0.39, 0.29) is 24.0 Å². The van der Waals surface area contributed by atoms with Crippen LogP contribution in [0.25, 0.3) is 0 Å². The molecular formula is C22H46O10Si6. The number of esters is 2. The van der Waals surface area contributed by atoms with Gasteiger partial charge in [-0.1, -0.05) is 25.3 Å². The fraction of sp³-hybridized carbons (Fsp3) is 0.636. The van der Waals surface area contributed by atoms with E-state index in [0.29, 0.717) is 0 Å². The zero-order valence-electron chi connectivity index (χ0n) is 25.1. The molecule has 0 amide bonds. The van der Waals surface area contributed by atoms with Crippen molar-refractivity contribution in [2.24, 2.45) is 0 Å². The van der Waals surface area contributed by atoms with Gasteiger partial charge in [0.15, 0.2) is 0 Å². The van der Waals surface area contributed by atoms with Gasteiger partial charge in [-0.05, 0) is 78.9 Å². The average molecular weight is 639 g/mol. The molecule has 0 aromatic rings. The molecular weight excluding hydrogens is 593 g/mol. The standard InChI is InChI=1S/C22H46O10Si6/c1-15-17-25-21(23)19(3)20(22(24)26-18-16-2)38(14)31-36(10,11)29-34(6,7)27-33(4,5)28-35(8,9)30-37(12,13)32-38/h15-16H,1-2,17-18H2,3-14H3/b20-19+. The highest BCUT2D eigenvalue weighted by molar-refractivity contribution is 6.96. The highest BCUT2D eigenvalue weighted by atomic mass is 28.5. The number of ether oxygens (including phenoxy) is 2. The molecule has 0 aromatic carbocycles. The molecule has 1 aliphatic rings. The lowest BCUT2D eigenvalue weighted by Gasteiger charge is -2.47. The summed E-state index contributed by atoms with van der Waals surface area (Å²) in [5.41, 5.74) is 0.0332. The lowest BCUT2D eigenvalue weighted by molar-refractivity contribution is -0.140. The molecule has 0 N–H and O–H groups in total. The molecule has 1 fully saturated rings. The van der Waals surface area contributed by atoms with Crippen LogP contribution in [0.2, 0.25) is 72.0 Å². The topological polar surface area (TPSA) is 108 Å². The first-order valence-electron chi connectivity index (χ1n) is 12.5. The third-order valence-electron chi connectivity index (χ3n) is 4.85. The monoisotopic (exact) mass is 638 g/mol. The summed E-state index contributed by atoms with van der Waals surface area (Å²) in [5.74, 6) is -1.45. The third kappa shape index (κ3) is 11.0. The van der Waals surface area contributed by atoms with Crippen LogP contribution in [-0.4, -0.2) is 76.5 Å². The minimum Gasteiger partial charge on any atom is -0.458 e. The van der Waals surface area contributed by atoms with Gasteiger partial charge in [0.2, 0.25) is 0 Å². The maximum atomic E-state index is 13.5. The Hall–Kier alpha value is -0.779. The van der Waals surface area contributed by atoms with E-state index in [9.17, 15) is 9.59 Å². The van der Waals surface area contributed by atoms with Crippen molar-refractivity contribution >= 4 is 63.3 Å². The second-order valence-corrected chi connectivity index (χ2v) is 32.6. The maximum absolute atomic E-state index is 13.5. The largest absolute Gasteiger partial charge is 0.458 e. The van der Waals surface area contributed by atoms with Crippen LogP contribution >= 0.6 is 0 Å². The lowest BCUT2D eigenvalue weighted by atomic mass is 10.3. The zero-order valence-corrected chi connectivity index (χ0v) is 31.1. The molecule has 1 rings (SSSR count). The van der Waals surface area contributed by atoms with Gasteiger partial charge in [0.1, 0.15) is 13.2 Å². The van der Waals surface area contributed by atoms with Crippen LogP contribution in [0.5, 0.6) is 0 Å². The molecule has 0 saturated carbocycles. The van der Waals surface area contributed by atoms with Gasteiger partial charge in [-0.2, -0.15) is 0 Å². The van der Waals surface area contributed by atoms with Gasteiger partial charge in [-0.15, -0.1) is 0 Å². The van der Waals surface area contributed by atoms with Crippen molar-refractivity contribution in [2.75, 3.05) is 13.2 Å². The molecule has 0 aliphatic carbocycles. The highest BCUT2D eigenvalue weighted by Gasteiger charge is 2.56. The second-order valence-electron chi connectivity index (χ2n) is 11.3. The van der Waals surface area contributed by atoms with Gasteiger partial charge >= 0.3 is 63.3 Å². The average Bonchev–Trinajstić information content (AvgIpc) is 2.64. The Balaban J connectivity index is 3.87. The molecule has 1 aliphatic heterocycles. The van der Waals surface area contributed by atoms with E-state index in [4.69, 9.17) is 34.2 Å². The molecule has 38 heavy (non-hydrogen) atoms. The van der Waals surface area contributed by atoms with Crippen molar-refractivity contribution in [3.8, 4) is 0 Å². The number of carbonyl (C=O) groups excluding carboxylic acids is 2. The minimum atomic E-state index is -3.79. The summed E-state index contributed by atoms with van der Waals surface area (Å²) in [6.45, 7) is 29.5. The van der Waals surface area contributed by atoms with Crippen molar-refractivity contribution in [2.45, 2.75) is 78.9 Å². The Morgan fingerprint density at radius 1 is 0.579 bits per heavy atom. The summed E-state index contributed by atoms with van der Waals surface area (Å²) in [5, 5.41) is -0.00527. The number of rotatable bonds is 7. The predicted molar refractivity (Wildman–Crippen MR) is 161 cm³/mol. The molecule has 0 bridgehead atoms. The van der Waals surface area contributed by atoms with Crippen LogP contribution in [0.3, 0.4) is 0 Å². The number of hydrogen-bond acceptors (Lipinski definition) is 10. The predicted octanol–water partition coefficient (Wildman–Crippen LogP) is 4.99. The van der Waals surface area contributed by atoms with E-state index < -0.39 is 63.3 Å². The fourth-order valence-corrected chi connectivity index (χ4v) is 36.5. The zero-order chi connectivity index (χ0) is 29.8. The van der Waals surface area contributed by atoms with Gasteiger partial charge in [0, 0.05) is 5.57 Å². The van der Waals surface area contributed by atoms with Gasteiger partial charge in [0.25, 0.3) is 0 Å². The van der Waals surface area contributed by atoms with E-state index in [0.717, 1.165) is 0 Å². The van der Waals surface area contributed by atoms with Crippen molar-refractivity contribution < 1.29 is 43.8 Å². The van der Waals surface area contributed by atoms with Crippen LogP contribution in [0.15, 0.2) is 36.1 Å². The summed E-state index contributed by atoms with van der Waals surface area (Å²) in [6, 6.07) is 0. The van der Waals surface area contributed by atoms with Gasteiger partial charge in [-0.3, -0.25) is 0 Å². The van der Waals surface area contributed by atoms with E-state index in [2.05, 4.69) is 13.2 Å². The summed E-state index contributed by atoms with van der Waals surface area (Å²) in [6.07, 6.45) is 2.89. The Bertz CT molecular complexity index is 909. The molecule has 0 spiro atoms. The Labute approximate surface area is 234 Å². The molecule has 1 saturated heterocycles. The van der Waals surface area contributed by atoms with Crippen LogP contribution in [0.4, 0.5) is 0 Å². The van der Waals surface area contributed by atoms with E-state index in [1.165, 1.54) is 19.1 Å². The third-order valence-corrected chi connectivity index (χ3v) is 29.1. The van der Waals surface area contributed by atoms with E-state index >= 15 is 0 Å². The second kappa shape index (κ2) is 12.8. The highest BCUT2D eigenvalue weighted by Crippen LogP contribution is 2.35. The minimum absolute atomic E-state index is 0.00527. The smallest absolute Gasteiger partial charge is 0.359 e. The van der Waals surface area contributed by atoms with E-state index in [1.54, 1.807) is 6.55 Å². The fourth-order valence-electron chi connectivity index (χ4n) is 4.76. The van der Waals surface area contributed by atoms with Crippen molar-refractivity contribution in [3.05, 3.63) is 36.1 Å². The lowest BCUT2D eigenvalue weighted by Crippen LogP contribution is -2.65. The molecule has 218 valence electrons. The van der Waals surface area contributed by atoms with Gasteiger partial charge in [-0.25, -0.2) is 9.59 Å². The van der Waals surface area contributed by atoms with Crippen molar-refractivity contribution in [1.82, 2.24) is 0 Å². The van der Waals surface area contributed by atoms with Crippen molar-refractivity contribution in [1.29, 1.82) is 0 Å². The first-order chi connectivity index (χ1) is 17.0. The summed E-state index contributed by atoms with van der Waals surface area (Å²) >= 11 is 0. The van der Waals surface area contributed by atoms with Crippen LogP contribution in [0, 0.1) is 0 Å². The Morgan fingerprint density at radius 3 is 1.18 bits per heavy atom. The molecule has 1 heterocycles. The SMILES string of the molecule is C=CCOC(=O)/C(C)=C(\C(=O)OCC=C)[Si]1(C)O[Si](C)(C)O[Si](C)(C)O[Si](C)(C)O[Si](C)(C)O[Si](C)(C)O1. The first kappa shape index (κ1) is 35.2. The van der Waals surface area contributed by atoms with Gasteiger partial charge < -0.3 is 34.2 Å². The van der Waals surface area contributed by atoms with Crippen LogP contribution in [-0.2, 0) is 43.8 Å². The molecule has 0 aromatic heterocycles. The molecule has 0 unspecified atom stereocenters.